The summed E-state index contributed by atoms with van der Waals surface area (Å²) in [5.74, 6) is 1.38. The number of esters is 1. The molecule has 3 aromatic rings. The standard InChI is InChI=1S/C25H33IN6O3/c1-25(2,3)35-23(33)17-31(16-18-6-8-19(34-5)9-7-18)20-14-22(30-12-10-29(4)11-13-30)28-32-21(26)15-27-24(20)32/h6-9,14-15H,10-13,16-17H2,1-5H3. The summed E-state index contributed by atoms with van der Waals surface area (Å²) in [6, 6.07) is 9.93. The van der Waals surface area contributed by atoms with Crippen LogP contribution in [0, 0.1) is 3.70 Å². The number of anilines is 2. The second-order valence-corrected chi connectivity index (χ2v) is 10.9. The highest BCUT2D eigenvalue weighted by molar-refractivity contribution is 14.1. The number of methoxy groups -OCH3 is 1. The highest BCUT2D eigenvalue weighted by atomic mass is 127. The van der Waals surface area contributed by atoms with Gasteiger partial charge in [0.05, 0.1) is 19.0 Å². The minimum atomic E-state index is -0.565. The Bertz CT molecular complexity index is 1170. The lowest BCUT2D eigenvalue weighted by molar-refractivity contribution is -0.153. The summed E-state index contributed by atoms with van der Waals surface area (Å²) in [4.78, 5) is 24.2. The molecule has 1 aliphatic heterocycles. The summed E-state index contributed by atoms with van der Waals surface area (Å²) < 4.78 is 13.8. The first-order valence-corrected chi connectivity index (χ1v) is 12.8. The molecule has 1 aromatic carbocycles. The van der Waals surface area contributed by atoms with Crippen LogP contribution in [0.4, 0.5) is 11.5 Å². The van der Waals surface area contributed by atoms with Crippen molar-refractivity contribution >= 4 is 45.7 Å². The summed E-state index contributed by atoms with van der Waals surface area (Å²) in [7, 11) is 3.78. The lowest BCUT2D eigenvalue weighted by Crippen LogP contribution is -2.45. The summed E-state index contributed by atoms with van der Waals surface area (Å²) in [5.41, 5.74) is 2.04. The van der Waals surface area contributed by atoms with Crippen LogP contribution >= 0.6 is 22.6 Å². The minimum absolute atomic E-state index is 0.0919. The highest BCUT2D eigenvalue weighted by Crippen LogP contribution is 2.29. The van der Waals surface area contributed by atoms with Crippen LogP contribution in [0.15, 0.2) is 36.5 Å². The van der Waals surface area contributed by atoms with Crippen molar-refractivity contribution < 1.29 is 14.3 Å². The summed E-state index contributed by atoms with van der Waals surface area (Å²) in [5, 5.41) is 4.89. The maximum atomic E-state index is 13.0. The van der Waals surface area contributed by atoms with Gasteiger partial charge < -0.3 is 24.2 Å². The molecular formula is C25H33IN6O3. The van der Waals surface area contributed by atoms with Crippen molar-refractivity contribution in [3.05, 3.63) is 45.8 Å². The van der Waals surface area contributed by atoms with E-state index in [4.69, 9.17) is 14.6 Å². The van der Waals surface area contributed by atoms with Crippen molar-refractivity contribution in [3.8, 4) is 5.75 Å². The van der Waals surface area contributed by atoms with Crippen molar-refractivity contribution in [3.63, 3.8) is 0 Å². The van der Waals surface area contributed by atoms with Crippen LogP contribution in [0.3, 0.4) is 0 Å². The van der Waals surface area contributed by atoms with Crippen LogP contribution in [0.2, 0.25) is 0 Å². The quantitative estimate of drug-likeness (QED) is 0.305. The van der Waals surface area contributed by atoms with E-state index >= 15 is 0 Å². The molecule has 35 heavy (non-hydrogen) atoms. The Hall–Kier alpha value is -2.60. The van der Waals surface area contributed by atoms with Gasteiger partial charge in [-0.2, -0.15) is 0 Å². The predicted molar refractivity (Wildman–Crippen MR) is 145 cm³/mol. The molecular weight excluding hydrogens is 559 g/mol. The fourth-order valence-electron chi connectivity index (χ4n) is 4.04. The van der Waals surface area contributed by atoms with Crippen LogP contribution in [-0.4, -0.2) is 77.9 Å². The molecule has 0 atom stereocenters. The molecule has 4 rings (SSSR count). The fraction of sp³-hybridized carbons (Fsp3) is 0.480. The smallest absolute Gasteiger partial charge is 0.326 e. The molecule has 0 amide bonds. The number of hydrogen-bond donors (Lipinski definition) is 0. The van der Waals surface area contributed by atoms with E-state index in [1.54, 1.807) is 13.3 Å². The Kier molecular flexibility index (Phi) is 7.70. The van der Waals surface area contributed by atoms with E-state index in [9.17, 15) is 4.79 Å². The topological polar surface area (TPSA) is 75.4 Å². The average molecular weight is 592 g/mol. The van der Waals surface area contributed by atoms with Crippen molar-refractivity contribution in [1.82, 2.24) is 19.5 Å². The van der Waals surface area contributed by atoms with E-state index in [0.717, 1.165) is 52.7 Å². The molecule has 0 radical (unpaired) electrons. The monoisotopic (exact) mass is 592 g/mol. The second-order valence-electron chi connectivity index (χ2n) is 9.79. The largest absolute Gasteiger partial charge is 0.497 e. The maximum absolute atomic E-state index is 13.0. The molecule has 0 aliphatic carbocycles. The molecule has 3 heterocycles. The first-order chi connectivity index (χ1) is 16.6. The number of carbonyl (C=O) groups is 1. The Morgan fingerprint density at radius 1 is 1.14 bits per heavy atom. The van der Waals surface area contributed by atoms with E-state index in [0.29, 0.717) is 12.2 Å². The van der Waals surface area contributed by atoms with Crippen molar-refractivity contribution in [2.24, 2.45) is 0 Å². The number of piperazine rings is 1. The number of hydrogen-bond acceptors (Lipinski definition) is 8. The number of imidazole rings is 1. The summed E-state index contributed by atoms with van der Waals surface area (Å²) in [6.07, 6.45) is 1.80. The van der Waals surface area contributed by atoms with Crippen molar-refractivity contribution in [2.45, 2.75) is 32.9 Å². The highest BCUT2D eigenvalue weighted by Gasteiger charge is 2.25. The van der Waals surface area contributed by atoms with Crippen LogP contribution in [0.1, 0.15) is 26.3 Å². The van der Waals surface area contributed by atoms with Crippen LogP contribution in [0.5, 0.6) is 5.75 Å². The third-order valence-electron chi connectivity index (χ3n) is 5.83. The van der Waals surface area contributed by atoms with Gasteiger partial charge in [-0.05, 0) is 68.1 Å². The van der Waals surface area contributed by atoms with Gasteiger partial charge in [0.15, 0.2) is 11.5 Å². The van der Waals surface area contributed by atoms with Crippen LogP contribution < -0.4 is 14.5 Å². The van der Waals surface area contributed by atoms with Gasteiger partial charge in [-0.25, -0.2) is 9.50 Å². The van der Waals surface area contributed by atoms with E-state index in [1.165, 1.54) is 0 Å². The van der Waals surface area contributed by atoms with E-state index in [-0.39, 0.29) is 12.5 Å². The van der Waals surface area contributed by atoms with Gasteiger partial charge in [-0.1, -0.05) is 12.1 Å². The average Bonchev–Trinajstić information content (AvgIpc) is 3.18. The molecule has 1 fully saturated rings. The number of aromatic nitrogens is 3. The van der Waals surface area contributed by atoms with Gasteiger partial charge in [-0.15, -0.1) is 5.10 Å². The first-order valence-electron chi connectivity index (χ1n) is 11.7. The molecule has 9 nitrogen and oxygen atoms in total. The number of rotatable bonds is 7. The number of likely N-dealkylation sites (N-methyl/N-ethyl adjacent to an activating group) is 1. The lowest BCUT2D eigenvalue weighted by atomic mass is 10.2. The lowest BCUT2D eigenvalue weighted by Gasteiger charge is -2.34. The summed E-state index contributed by atoms with van der Waals surface area (Å²) >= 11 is 2.25. The number of nitrogens with zero attached hydrogens (tertiary/aromatic N) is 6. The number of ether oxygens (including phenoxy) is 2. The maximum Gasteiger partial charge on any atom is 0.326 e. The van der Waals surface area contributed by atoms with Crippen LogP contribution in [-0.2, 0) is 16.1 Å². The van der Waals surface area contributed by atoms with E-state index in [2.05, 4.69) is 50.5 Å². The molecule has 10 heteroatoms. The zero-order valence-corrected chi connectivity index (χ0v) is 23.2. The molecule has 0 bridgehead atoms. The Morgan fingerprint density at radius 2 is 1.83 bits per heavy atom. The summed E-state index contributed by atoms with van der Waals surface area (Å²) in [6.45, 7) is 9.98. The van der Waals surface area contributed by atoms with Gasteiger partial charge in [0.1, 0.15) is 21.6 Å². The molecule has 1 saturated heterocycles. The minimum Gasteiger partial charge on any atom is -0.497 e. The predicted octanol–water partition coefficient (Wildman–Crippen LogP) is 3.44. The molecule has 0 N–H and O–H groups in total. The number of halogens is 1. The van der Waals surface area contributed by atoms with Gasteiger partial charge in [0, 0.05) is 38.8 Å². The fourth-order valence-corrected chi connectivity index (χ4v) is 4.52. The molecule has 2 aromatic heterocycles. The van der Waals surface area contributed by atoms with Crippen LogP contribution in [0.25, 0.3) is 5.65 Å². The SMILES string of the molecule is COc1ccc(CN(CC(=O)OC(C)(C)C)c2cc(N3CCN(C)CC3)nn3c(I)cnc23)cc1. The molecule has 0 spiro atoms. The van der Waals surface area contributed by atoms with Gasteiger partial charge in [0.25, 0.3) is 0 Å². The Labute approximate surface area is 220 Å². The molecule has 1 aliphatic rings. The zero-order valence-electron chi connectivity index (χ0n) is 21.0. The van der Waals surface area contributed by atoms with E-state index in [1.807, 2.05) is 54.5 Å². The number of benzene rings is 1. The molecule has 0 saturated carbocycles. The molecule has 188 valence electrons. The van der Waals surface area contributed by atoms with Crippen molar-refractivity contribution in [1.29, 1.82) is 0 Å². The van der Waals surface area contributed by atoms with Gasteiger partial charge in [0.2, 0.25) is 0 Å². The third-order valence-corrected chi connectivity index (χ3v) is 6.57. The van der Waals surface area contributed by atoms with Crippen molar-refractivity contribution in [2.75, 3.05) is 56.7 Å². The van der Waals surface area contributed by atoms with Gasteiger partial charge >= 0.3 is 5.97 Å². The zero-order chi connectivity index (χ0) is 25.2. The number of fused-ring (bicyclic) bond motifs is 1. The number of carbonyl (C=O) groups excluding carboxylic acids is 1. The Balaban J connectivity index is 1.74. The van der Waals surface area contributed by atoms with Gasteiger partial charge in [-0.3, -0.25) is 4.79 Å². The van der Waals surface area contributed by atoms with E-state index < -0.39 is 5.60 Å². The normalized spacial score (nSPS) is 14.9. The molecule has 0 unspecified atom stereocenters. The second kappa shape index (κ2) is 10.6. The third kappa shape index (κ3) is 6.35. The Morgan fingerprint density at radius 3 is 2.46 bits per heavy atom. The first kappa shape index (κ1) is 25.5.